The summed E-state index contributed by atoms with van der Waals surface area (Å²) in [6.07, 6.45) is 1.68. The van der Waals surface area contributed by atoms with Gasteiger partial charge in [0.15, 0.2) is 0 Å². The van der Waals surface area contributed by atoms with Gasteiger partial charge in [-0.05, 0) is 22.0 Å². The van der Waals surface area contributed by atoms with E-state index in [1.165, 1.54) is 0 Å². The van der Waals surface area contributed by atoms with E-state index in [0.29, 0.717) is 0 Å². The Hall–Kier alpha value is -1.10. The fourth-order valence-electron chi connectivity index (χ4n) is 0.896. The fraction of sp³-hybridized carbons (Fsp3) is 0. The molecule has 2 aromatic heterocycles. The van der Waals surface area contributed by atoms with E-state index in [2.05, 4.69) is 30.9 Å². The van der Waals surface area contributed by atoms with Gasteiger partial charge >= 0.3 is 0 Å². The molecule has 0 aromatic carbocycles. The van der Waals surface area contributed by atoms with E-state index < -0.39 is 0 Å². The smallest absolute Gasteiger partial charge is 0.221 e. The number of nitrogens with two attached hydrogens (primary N) is 1. The van der Waals surface area contributed by atoms with Crippen molar-refractivity contribution in [1.82, 2.24) is 15.0 Å². The predicted octanol–water partition coefficient (Wildman–Crippen LogP) is 1.30. The standard InChI is InChI=1S/C6H5BrN4/c7-4-1-3-2-9-6(8)11-5(3)10-4/h1-2H,(H3,8,9,10,11). The van der Waals surface area contributed by atoms with Crippen LogP contribution >= 0.6 is 15.9 Å². The van der Waals surface area contributed by atoms with Gasteiger partial charge in [0, 0.05) is 11.6 Å². The van der Waals surface area contributed by atoms with Gasteiger partial charge in [-0.2, -0.15) is 4.98 Å². The van der Waals surface area contributed by atoms with Gasteiger partial charge in [0.1, 0.15) is 5.65 Å². The maximum Gasteiger partial charge on any atom is 0.221 e. The van der Waals surface area contributed by atoms with E-state index in [4.69, 9.17) is 5.73 Å². The number of nitrogen functional groups attached to an aromatic ring is 1. The summed E-state index contributed by atoms with van der Waals surface area (Å²) in [5, 5.41) is 0.950. The number of hydrogen-bond acceptors (Lipinski definition) is 3. The van der Waals surface area contributed by atoms with E-state index in [9.17, 15) is 0 Å². The third kappa shape index (κ3) is 1.07. The number of aromatic amines is 1. The van der Waals surface area contributed by atoms with Crippen LogP contribution in [0.1, 0.15) is 0 Å². The van der Waals surface area contributed by atoms with Crippen molar-refractivity contribution < 1.29 is 0 Å². The summed E-state index contributed by atoms with van der Waals surface area (Å²) in [5.74, 6) is 0.284. The molecule has 0 bridgehead atoms. The zero-order valence-corrected chi connectivity index (χ0v) is 7.09. The highest BCUT2D eigenvalue weighted by Gasteiger charge is 1.99. The Labute approximate surface area is 71.0 Å². The van der Waals surface area contributed by atoms with Crippen molar-refractivity contribution in [3.63, 3.8) is 0 Å². The Morgan fingerprint density at radius 2 is 2.36 bits per heavy atom. The first kappa shape index (κ1) is 6.60. The van der Waals surface area contributed by atoms with Crippen LogP contribution < -0.4 is 5.73 Å². The molecule has 5 heteroatoms. The molecule has 0 saturated heterocycles. The summed E-state index contributed by atoms with van der Waals surface area (Å²) < 4.78 is 0.882. The van der Waals surface area contributed by atoms with Crippen LogP contribution in [-0.2, 0) is 0 Å². The van der Waals surface area contributed by atoms with Crippen molar-refractivity contribution in [1.29, 1.82) is 0 Å². The largest absolute Gasteiger partial charge is 0.368 e. The molecule has 0 amide bonds. The number of nitrogens with one attached hydrogen (secondary N) is 1. The molecular formula is C6H5BrN4. The lowest BCUT2D eigenvalue weighted by molar-refractivity contribution is 1.21. The lowest BCUT2D eigenvalue weighted by Crippen LogP contribution is -1.92. The van der Waals surface area contributed by atoms with Gasteiger partial charge in [-0.1, -0.05) is 0 Å². The van der Waals surface area contributed by atoms with Crippen molar-refractivity contribution in [3.8, 4) is 0 Å². The molecule has 3 N–H and O–H groups in total. The van der Waals surface area contributed by atoms with Crippen LogP contribution in [0.5, 0.6) is 0 Å². The molecular weight excluding hydrogens is 208 g/mol. The van der Waals surface area contributed by atoms with Crippen LogP contribution in [0.4, 0.5) is 5.95 Å². The first-order chi connectivity index (χ1) is 5.25. The van der Waals surface area contributed by atoms with Crippen LogP contribution in [0.2, 0.25) is 0 Å². The molecule has 4 nitrogen and oxygen atoms in total. The van der Waals surface area contributed by atoms with Gasteiger partial charge in [0.05, 0.1) is 4.60 Å². The summed E-state index contributed by atoms with van der Waals surface area (Å²) in [4.78, 5) is 10.8. The number of H-pyrrole nitrogens is 1. The second-order valence-corrected chi connectivity index (χ2v) is 3.00. The molecule has 0 aliphatic rings. The van der Waals surface area contributed by atoms with Crippen molar-refractivity contribution >= 4 is 32.9 Å². The van der Waals surface area contributed by atoms with Gasteiger partial charge in [-0.3, -0.25) is 0 Å². The van der Waals surface area contributed by atoms with E-state index in [1.807, 2.05) is 6.07 Å². The number of anilines is 1. The first-order valence-electron chi connectivity index (χ1n) is 3.02. The molecule has 0 radical (unpaired) electrons. The van der Waals surface area contributed by atoms with E-state index in [-0.39, 0.29) is 5.95 Å². The number of nitrogens with zero attached hydrogens (tertiary/aromatic N) is 2. The molecule has 0 fully saturated rings. The molecule has 2 heterocycles. The van der Waals surface area contributed by atoms with E-state index in [1.54, 1.807) is 6.20 Å². The maximum absolute atomic E-state index is 5.38. The van der Waals surface area contributed by atoms with Gasteiger partial charge in [0.2, 0.25) is 5.95 Å². The minimum atomic E-state index is 0.284. The number of hydrogen-bond donors (Lipinski definition) is 2. The Morgan fingerprint density at radius 3 is 3.18 bits per heavy atom. The summed E-state index contributed by atoms with van der Waals surface area (Å²) in [6, 6.07) is 1.90. The molecule has 0 aliphatic carbocycles. The highest BCUT2D eigenvalue weighted by molar-refractivity contribution is 9.10. The monoisotopic (exact) mass is 212 g/mol. The first-order valence-corrected chi connectivity index (χ1v) is 3.82. The SMILES string of the molecule is Nc1ncc2cc(Br)[nH]c2n1. The topological polar surface area (TPSA) is 67.6 Å². The quantitative estimate of drug-likeness (QED) is 0.692. The number of aromatic nitrogens is 3. The van der Waals surface area contributed by atoms with Crippen LogP contribution in [0.3, 0.4) is 0 Å². The molecule has 0 unspecified atom stereocenters. The summed E-state index contributed by atoms with van der Waals surface area (Å²) >= 11 is 3.28. The van der Waals surface area contributed by atoms with Gasteiger partial charge in [0.25, 0.3) is 0 Å². The van der Waals surface area contributed by atoms with Gasteiger partial charge in [-0.25, -0.2) is 4.98 Å². The molecule has 11 heavy (non-hydrogen) atoms. The molecule has 0 saturated carbocycles. The van der Waals surface area contributed by atoms with Crippen LogP contribution in [0.15, 0.2) is 16.9 Å². The fourth-order valence-corrected chi connectivity index (χ4v) is 1.33. The van der Waals surface area contributed by atoms with Crippen molar-refractivity contribution in [2.24, 2.45) is 0 Å². The predicted molar refractivity (Wildman–Crippen MR) is 46.0 cm³/mol. The highest BCUT2D eigenvalue weighted by atomic mass is 79.9. The van der Waals surface area contributed by atoms with Crippen LogP contribution in [0.25, 0.3) is 11.0 Å². The Morgan fingerprint density at radius 1 is 1.55 bits per heavy atom. The normalized spacial score (nSPS) is 10.6. The van der Waals surface area contributed by atoms with Crippen LogP contribution in [-0.4, -0.2) is 15.0 Å². The van der Waals surface area contributed by atoms with Crippen LogP contribution in [0, 0.1) is 0 Å². The second kappa shape index (κ2) is 2.20. The average Bonchev–Trinajstić information content (AvgIpc) is 2.27. The lowest BCUT2D eigenvalue weighted by atomic mass is 10.4. The summed E-state index contributed by atoms with van der Waals surface area (Å²) in [7, 11) is 0. The molecule has 2 aromatic rings. The van der Waals surface area contributed by atoms with E-state index in [0.717, 1.165) is 15.6 Å². The van der Waals surface area contributed by atoms with E-state index >= 15 is 0 Å². The van der Waals surface area contributed by atoms with Crippen molar-refractivity contribution in [3.05, 3.63) is 16.9 Å². The Balaban J connectivity index is 2.82. The molecule has 0 spiro atoms. The highest BCUT2D eigenvalue weighted by Crippen LogP contribution is 2.16. The third-order valence-electron chi connectivity index (χ3n) is 1.36. The Kier molecular flexibility index (Phi) is 1.32. The summed E-state index contributed by atoms with van der Waals surface area (Å²) in [6.45, 7) is 0. The molecule has 0 atom stereocenters. The summed E-state index contributed by atoms with van der Waals surface area (Å²) in [5.41, 5.74) is 6.13. The minimum absolute atomic E-state index is 0.284. The lowest BCUT2D eigenvalue weighted by Gasteiger charge is -1.88. The number of halogens is 1. The third-order valence-corrected chi connectivity index (χ3v) is 1.78. The van der Waals surface area contributed by atoms with Gasteiger partial charge < -0.3 is 10.7 Å². The number of fused-ring (bicyclic) bond motifs is 1. The Bertz CT molecular complexity index is 394. The van der Waals surface area contributed by atoms with Crippen molar-refractivity contribution in [2.75, 3.05) is 5.73 Å². The second-order valence-electron chi connectivity index (χ2n) is 2.15. The maximum atomic E-state index is 5.38. The minimum Gasteiger partial charge on any atom is -0.368 e. The zero-order valence-electron chi connectivity index (χ0n) is 5.50. The molecule has 2 rings (SSSR count). The van der Waals surface area contributed by atoms with Crippen molar-refractivity contribution in [2.45, 2.75) is 0 Å². The van der Waals surface area contributed by atoms with Gasteiger partial charge in [-0.15, -0.1) is 0 Å². The molecule has 0 aliphatic heterocycles. The number of rotatable bonds is 0. The zero-order chi connectivity index (χ0) is 7.84. The molecule has 56 valence electrons. The average molecular weight is 213 g/mol.